The zero-order chi connectivity index (χ0) is 38.8. The molecule has 1 aliphatic heterocycles. The third-order valence-electron chi connectivity index (χ3n) is 11.9. The van der Waals surface area contributed by atoms with E-state index in [1.54, 1.807) is 45.4 Å². The smallest absolute Gasteiger partial charge is 0.333 e. The molecule has 0 amide bonds. The number of carbonyl (C=O) groups excluding carboxylic acids is 1. The van der Waals surface area contributed by atoms with Crippen molar-refractivity contribution in [2.24, 2.45) is 47.3 Å². The van der Waals surface area contributed by atoms with Crippen molar-refractivity contribution >= 4 is 5.97 Å². The molecule has 9 aliphatic rings. The molecule has 8 bridgehead atoms. The number of carbonyl (C=O) groups is 1. The second kappa shape index (κ2) is 23.4. The van der Waals surface area contributed by atoms with Gasteiger partial charge in [-0.2, -0.15) is 21.0 Å². The van der Waals surface area contributed by atoms with Gasteiger partial charge in [-0.1, -0.05) is 18.7 Å². The van der Waals surface area contributed by atoms with Crippen molar-refractivity contribution in [2.45, 2.75) is 148 Å². The van der Waals surface area contributed by atoms with Gasteiger partial charge in [-0.05, 0) is 131 Å². The van der Waals surface area contributed by atoms with Crippen LogP contribution in [0, 0.1) is 92.7 Å². The molecular formula is C42H64N4O6. The summed E-state index contributed by atoms with van der Waals surface area (Å²) in [7, 11) is 3.40. The minimum absolute atomic E-state index is 0.0436. The SMILES string of the molecule is C1=CC2CCC1C2.C1CC2CC1C1OC21.C=C(C)C(=O)OC1C2CCC(C2)C1OC.CC#N.CC#N.CC#N.CC#N.COC1C2CCC(C2)C1O. The fourth-order valence-corrected chi connectivity index (χ4v) is 9.70. The van der Waals surface area contributed by atoms with Gasteiger partial charge in [-0.3, -0.25) is 0 Å². The number of methoxy groups -OCH3 is 2. The van der Waals surface area contributed by atoms with Crippen LogP contribution in [0.25, 0.3) is 0 Å². The lowest BCUT2D eigenvalue weighted by atomic mass is 9.94. The molecule has 10 heteroatoms. The predicted molar refractivity (Wildman–Crippen MR) is 199 cm³/mol. The lowest BCUT2D eigenvalue weighted by molar-refractivity contribution is -0.155. The normalized spacial score (nSPS) is 37.9. The van der Waals surface area contributed by atoms with Gasteiger partial charge in [0.2, 0.25) is 0 Å². The maximum Gasteiger partial charge on any atom is 0.333 e. The van der Waals surface area contributed by atoms with Gasteiger partial charge >= 0.3 is 5.97 Å². The first-order valence-corrected chi connectivity index (χ1v) is 19.2. The highest BCUT2D eigenvalue weighted by Crippen LogP contribution is 2.56. The maximum atomic E-state index is 11.5. The zero-order valence-electron chi connectivity index (χ0n) is 32.7. The summed E-state index contributed by atoms with van der Waals surface area (Å²) in [6.07, 6.45) is 22.3. The number of hydrogen-bond donors (Lipinski definition) is 1. The van der Waals surface area contributed by atoms with Gasteiger partial charge in [0, 0.05) is 47.5 Å². The monoisotopic (exact) mass is 720 g/mol. The molecule has 7 saturated carbocycles. The minimum Gasteiger partial charge on any atom is -0.456 e. The number of aliphatic hydroxyl groups excluding tert-OH is 1. The summed E-state index contributed by atoms with van der Waals surface area (Å²) in [5.41, 5.74) is 0.465. The fraction of sp³-hybridized carbons (Fsp3) is 0.786. The van der Waals surface area contributed by atoms with E-state index in [-0.39, 0.29) is 30.4 Å². The number of fused-ring (bicyclic) bond motifs is 11. The van der Waals surface area contributed by atoms with Gasteiger partial charge in [0.25, 0.3) is 0 Å². The van der Waals surface area contributed by atoms with E-state index in [0.29, 0.717) is 29.2 Å². The quantitative estimate of drug-likeness (QED) is 0.130. The molecule has 14 atom stereocenters. The number of esters is 1. The fourth-order valence-electron chi connectivity index (χ4n) is 9.70. The lowest BCUT2D eigenvalue weighted by Gasteiger charge is -2.29. The molecule has 1 saturated heterocycles. The van der Waals surface area contributed by atoms with Crippen molar-refractivity contribution in [1.29, 1.82) is 21.0 Å². The molecule has 288 valence electrons. The Bertz CT molecular complexity index is 1230. The van der Waals surface area contributed by atoms with Crippen LogP contribution < -0.4 is 0 Å². The van der Waals surface area contributed by atoms with Crippen molar-refractivity contribution in [1.82, 2.24) is 0 Å². The first-order valence-electron chi connectivity index (χ1n) is 19.2. The Kier molecular flexibility index (Phi) is 20.2. The topological polar surface area (TPSA) is 173 Å². The molecule has 9 rings (SSSR count). The standard InChI is InChI=1S/C12H18O3.C8H14O2.C7H10O.C7H10.4C2H3N/c1-7(2)12(13)15-11-9-5-4-8(6-9)10(11)14-3;1-10-8-6-3-2-5(4-6)7(8)9;1-2-5-3-4(1)6-7(5)8-6;1-2-7-4-3-6(1)5-7;4*1-2-3/h8-11H,1,4-6H2,2-3H3;5-9H,2-4H2,1H3;4-7H,1-3H2;1-2,6-7H,3-5H2;4*1H3. The van der Waals surface area contributed by atoms with Crippen LogP contribution in [0.5, 0.6) is 0 Å². The van der Waals surface area contributed by atoms with Crippen LogP contribution in [0.3, 0.4) is 0 Å². The Morgan fingerprint density at radius 3 is 1.29 bits per heavy atom. The van der Waals surface area contributed by atoms with E-state index < -0.39 is 0 Å². The van der Waals surface area contributed by atoms with E-state index in [2.05, 4.69) is 18.7 Å². The Balaban J connectivity index is 0.000000223. The average molecular weight is 721 g/mol. The first kappa shape index (κ1) is 44.9. The Labute approximate surface area is 313 Å². The summed E-state index contributed by atoms with van der Waals surface area (Å²) >= 11 is 0. The van der Waals surface area contributed by atoms with Crippen LogP contribution >= 0.6 is 0 Å². The van der Waals surface area contributed by atoms with Crippen LogP contribution in [-0.4, -0.2) is 61.9 Å². The van der Waals surface area contributed by atoms with Gasteiger partial charge in [-0.25, -0.2) is 4.79 Å². The number of rotatable bonds is 4. The molecule has 0 aromatic rings. The Morgan fingerprint density at radius 2 is 1.00 bits per heavy atom. The zero-order valence-corrected chi connectivity index (χ0v) is 32.7. The largest absolute Gasteiger partial charge is 0.456 e. The molecule has 0 spiro atoms. The highest BCUT2D eigenvalue weighted by atomic mass is 16.6. The van der Waals surface area contributed by atoms with Crippen LogP contribution in [0.2, 0.25) is 0 Å². The number of ether oxygens (including phenoxy) is 4. The van der Waals surface area contributed by atoms with E-state index in [1.807, 2.05) is 0 Å². The predicted octanol–water partition coefficient (Wildman–Crippen LogP) is 7.99. The Hall–Kier alpha value is -3.25. The van der Waals surface area contributed by atoms with Crippen LogP contribution in [-0.2, 0) is 23.7 Å². The third kappa shape index (κ3) is 12.7. The number of allylic oxidation sites excluding steroid dienone is 2. The average Bonchev–Trinajstić information content (AvgIpc) is 3.93. The maximum absolute atomic E-state index is 11.5. The van der Waals surface area contributed by atoms with Gasteiger partial charge in [-0.15, -0.1) is 0 Å². The molecule has 1 heterocycles. The molecular weight excluding hydrogens is 656 g/mol. The second-order valence-corrected chi connectivity index (χ2v) is 15.2. The molecule has 14 unspecified atom stereocenters. The summed E-state index contributed by atoms with van der Waals surface area (Å²) in [5, 5.41) is 38.8. The number of nitriles is 4. The van der Waals surface area contributed by atoms with Crippen molar-refractivity contribution in [3.05, 3.63) is 24.3 Å². The van der Waals surface area contributed by atoms with Crippen LogP contribution in [0.1, 0.15) is 112 Å². The van der Waals surface area contributed by atoms with Crippen molar-refractivity contribution < 1.29 is 28.8 Å². The van der Waals surface area contributed by atoms with Gasteiger partial charge < -0.3 is 24.1 Å². The van der Waals surface area contributed by atoms with E-state index in [0.717, 1.165) is 42.3 Å². The van der Waals surface area contributed by atoms with Crippen LogP contribution in [0.15, 0.2) is 24.3 Å². The molecule has 8 fully saturated rings. The second-order valence-electron chi connectivity index (χ2n) is 15.2. The third-order valence-corrected chi connectivity index (χ3v) is 11.9. The van der Waals surface area contributed by atoms with E-state index in [4.69, 9.17) is 40.0 Å². The summed E-state index contributed by atoms with van der Waals surface area (Å²) in [5.74, 6) is 5.98. The summed E-state index contributed by atoms with van der Waals surface area (Å²) in [4.78, 5) is 11.5. The lowest BCUT2D eigenvalue weighted by Crippen LogP contribution is -2.38. The van der Waals surface area contributed by atoms with E-state index in [9.17, 15) is 9.90 Å². The number of hydrogen-bond acceptors (Lipinski definition) is 10. The van der Waals surface area contributed by atoms with E-state index in [1.165, 1.54) is 98.3 Å². The molecule has 8 aliphatic carbocycles. The van der Waals surface area contributed by atoms with Crippen molar-refractivity contribution in [3.63, 3.8) is 0 Å². The Morgan fingerprint density at radius 1 is 0.635 bits per heavy atom. The molecule has 0 aromatic heterocycles. The van der Waals surface area contributed by atoms with Gasteiger partial charge in [0.05, 0.1) is 54.8 Å². The summed E-state index contributed by atoms with van der Waals surface area (Å²) in [6, 6.07) is 7.00. The number of nitrogens with zero attached hydrogens (tertiary/aromatic N) is 4. The summed E-state index contributed by atoms with van der Waals surface area (Å²) < 4.78 is 21.5. The highest BCUT2D eigenvalue weighted by Gasteiger charge is 2.59. The van der Waals surface area contributed by atoms with Crippen LogP contribution in [0.4, 0.5) is 0 Å². The molecule has 0 aromatic carbocycles. The molecule has 52 heavy (non-hydrogen) atoms. The number of epoxide rings is 1. The molecule has 0 radical (unpaired) electrons. The highest BCUT2D eigenvalue weighted by molar-refractivity contribution is 5.87. The van der Waals surface area contributed by atoms with Crippen molar-refractivity contribution in [3.8, 4) is 24.3 Å². The first-order chi connectivity index (χ1) is 25.0. The van der Waals surface area contributed by atoms with E-state index >= 15 is 0 Å². The summed E-state index contributed by atoms with van der Waals surface area (Å²) in [6.45, 7) is 11.0. The van der Waals surface area contributed by atoms with Gasteiger partial charge in [0.15, 0.2) is 0 Å². The van der Waals surface area contributed by atoms with Crippen molar-refractivity contribution in [2.75, 3.05) is 14.2 Å². The molecule has 10 nitrogen and oxygen atoms in total. The molecule has 1 N–H and O–H groups in total. The number of aliphatic hydroxyl groups is 1. The van der Waals surface area contributed by atoms with Gasteiger partial charge in [0.1, 0.15) is 6.10 Å². The minimum atomic E-state index is -0.283.